The Morgan fingerprint density at radius 2 is 0.534 bits per heavy atom. The maximum absolute atomic E-state index is 12.9. The van der Waals surface area contributed by atoms with Crippen LogP contribution in [-0.2, 0) is 28.6 Å². The van der Waals surface area contributed by atoms with Gasteiger partial charge in [-0.05, 0) is 135 Å². The van der Waals surface area contributed by atoms with Crippen molar-refractivity contribution in [1.82, 2.24) is 0 Å². The molecule has 0 spiro atoms. The first-order chi connectivity index (χ1) is 36.0. The molecule has 0 fully saturated rings. The zero-order valence-corrected chi connectivity index (χ0v) is 47.1. The minimum absolute atomic E-state index is 0.109. The quantitative estimate of drug-likeness (QED) is 0.0261. The first-order valence-electron chi connectivity index (χ1n) is 29.7. The number of hydrogen-bond acceptors (Lipinski definition) is 6. The van der Waals surface area contributed by atoms with E-state index in [1.54, 1.807) is 0 Å². The Morgan fingerprint density at radius 1 is 0.288 bits per heavy atom. The van der Waals surface area contributed by atoms with Crippen LogP contribution in [0.2, 0.25) is 0 Å². The summed E-state index contributed by atoms with van der Waals surface area (Å²) in [6.45, 7) is 6.34. The van der Waals surface area contributed by atoms with E-state index in [2.05, 4.69) is 154 Å². The molecule has 412 valence electrons. The van der Waals surface area contributed by atoms with Gasteiger partial charge in [-0.25, -0.2) is 0 Å². The van der Waals surface area contributed by atoms with Crippen molar-refractivity contribution in [2.45, 2.75) is 258 Å². The molecule has 6 nitrogen and oxygen atoms in total. The Hall–Kier alpha value is -4.45. The second-order valence-electron chi connectivity index (χ2n) is 19.1. The number of unbranched alkanes of at least 4 members (excludes halogenated alkanes) is 19. The topological polar surface area (TPSA) is 78.9 Å². The van der Waals surface area contributed by atoms with Crippen LogP contribution >= 0.6 is 0 Å². The Balaban J connectivity index is 4.46. The fraction of sp³-hybridized carbons (Fsp3) is 0.627. The van der Waals surface area contributed by atoms with Gasteiger partial charge in [0.25, 0.3) is 0 Å². The third-order valence-corrected chi connectivity index (χ3v) is 12.1. The normalized spacial score (nSPS) is 13.1. The zero-order valence-electron chi connectivity index (χ0n) is 47.1. The van der Waals surface area contributed by atoms with Crippen molar-refractivity contribution in [3.8, 4) is 0 Å². The highest BCUT2D eigenvalue weighted by Crippen LogP contribution is 2.14. The fourth-order valence-electron chi connectivity index (χ4n) is 7.72. The molecule has 0 aromatic carbocycles. The van der Waals surface area contributed by atoms with E-state index in [0.717, 1.165) is 135 Å². The van der Waals surface area contributed by atoms with Gasteiger partial charge in [0.2, 0.25) is 0 Å². The van der Waals surface area contributed by atoms with Crippen molar-refractivity contribution in [3.63, 3.8) is 0 Å². The zero-order chi connectivity index (χ0) is 52.9. The minimum atomic E-state index is -0.817. The first kappa shape index (κ1) is 68.6. The molecule has 1 unspecified atom stereocenters. The van der Waals surface area contributed by atoms with E-state index in [-0.39, 0.29) is 37.5 Å². The predicted octanol–water partition coefficient (Wildman–Crippen LogP) is 20.2. The summed E-state index contributed by atoms with van der Waals surface area (Å²) in [6, 6.07) is 0. The maximum Gasteiger partial charge on any atom is 0.306 e. The van der Waals surface area contributed by atoms with Crippen molar-refractivity contribution < 1.29 is 28.6 Å². The lowest BCUT2D eigenvalue weighted by Crippen LogP contribution is -2.30. The molecular weight excluding hydrogens is 901 g/mol. The average molecular weight is 1010 g/mol. The molecular formula is C67H108O6. The lowest BCUT2D eigenvalue weighted by Gasteiger charge is -2.18. The summed E-state index contributed by atoms with van der Waals surface area (Å²) in [5.74, 6) is -0.982. The van der Waals surface area contributed by atoms with Gasteiger partial charge in [-0.15, -0.1) is 0 Å². The molecule has 0 N–H and O–H groups in total. The molecule has 0 heterocycles. The third-order valence-electron chi connectivity index (χ3n) is 12.1. The van der Waals surface area contributed by atoms with E-state index in [1.807, 2.05) is 0 Å². The highest BCUT2D eigenvalue weighted by atomic mass is 16.6. The maximum atomic E-state index is 12.9. The van der Waals surface area contributed by atoms with Crippen molar-refractivity contribution in [2.75, 3.05) is 13.2 Å². The van der Waals surface area contributed by atoms with Crippen LogP contribution in [0.25, 0.3) is 0 Å². The molecule has 0 bridgehead atoms. The number of ether oxygens (including phenoxy) is 3. The molecule has 0 aliphatic heterocycles. The molecule has 6 heteroatoms. The van der Waals surface area contributed by atoms with Crippen molar-refractivity contribution in [1.29, 1.82) is 0 Å². The van der Waals surface area contributed by atoms with E-state index in [1.165, 1.54) is 70.6 Å². The van der Waals surface area contributed by atoms with E-state index < -0.39 is 6.10 Å². The number of carbonyl (C=O) groups excluding carboxylic acids is 3. The van der Waals surface area contributed by atoms with Gasteiger partial charge in [0.05, 0.1) is 0 Å². The van der Waals surface area contributed by atoms with E-state index in [4.69, 9.17) is 14.2 Å². The number of hydrogen-bond donors (Lipinski definition) is 0. The second kappa shape index (κ2) is 60.1. The molecule has 0 aliphatic carbocycles. The van der Waals surface area contributed by atoms with Gasteiger partial charge in [-0.1, -0.05) is 231 Å². The van der Waals surface area contributed by atoms with E-state index >= 15 is 0 Å². The van der Waals surface area contributed by atoms with Crippen LogP contribution in [0.3, 0.4) is 0 Å². The van der Waals surface area contributed by atoms with Crippen LogP contribution in [-0.4, -0.2) is 37.2 Å². The molecule has 0 saturated heterocycles. The van der Waals surface area contributed by atoms with E-state index in [0.29, 0.717) is 19.3 Å². The van der Waals surface area contributed by atoms with Gasteiger partial charge in [0, 0.05) is 19.3 Å². The largest absolute Gasteiger partial charge is 0.462 e. The molecule has 1 atom stereocenters. The molecule has 0 rings (SSSR count). The monoisotopic (exact) mass is 1010 g/mol. The number of carbonyl (C=O) groups is 3. The van der Waals surface area contributed by atoms with E-state index in [9.17, 15) is 14.4 Å². The van der Waals surface area contributed by atoms with Gasteiger partial charge < -0.3 is 14.2 Å². The summed E-state index contributed by atoms with van der Waals surface area (Å²) in [5.41, 5.74) is 0. The second-order valence-corrected chi connectivity index (χ2v) is 19.1. The Bertz CT molecular complexity index is 1580. The van der Waals surface area contributed by atoms with Gasteiger partial charge in [0.1, 0.15) is 13.2 Å². The summed E-state index contributed by atoms with van der Waals surface area (Å²) in [6.07, 6.45) is 84.5. The molecule has 0 radical (unpaired) electrons. The SMILES string of the molecule is CC/C=C\C/C=C\C/C=C\C/C=C\C/C=C\CCCCCC(=O)OC(COC(=O)CCCCC/C=C\C/C=C\C/C=C\CC)COC(=O)CCCCCCCCCC/C=C\C/C=C\C/C=C\CCCCCCC. The predicted molar refractivity (Wildman–Crippen MR) is 316 cm³/mol. The average Bonchev–Trinajstić information content (AvgIpc) is 3.39. The lowest BCUT2D eigenvalue weighted by atomic mass is 10.1. The Morgan fingerprint density at radius 3 is 0.849 bits per heavy atom. The van der Waals surface area contributed by atoms with Gasteiger partial charge in [0.15, 0.2) is 6.10 Å². The summed E-state index contributed by atoms with van der Waals surface area (Å²) < 4.78 is 16.8. The molecule has 0 aromatic heterocycles. The lowest BCUT2D eigenvalue weighted by molar-refractivity contribution is -0.167. The van der Waals surface area contributed by atoms with Crippen LogP contribution < -0.4 is 0 Å². The smallest absolute Gasteiger partial charge is 0.306 e. The molecule has 73 heavy (non-hydrogen) atoms. The standard InChI is InChI=1S/C67H108O6/c1-4-7-10-13-16-19-22-25-27-29-31-32-33-34-36-37-39-42-45-48-51-54-57-60-66(69)72-63-64(62-71-65(68)59-56-53-50-47-44-41-24-21-18-15-12-9-6-3)73-67(70)61-58-55-52-49-46-43-40-38-35-30-28-26-23-20-17-14-11-8-5-2/h8-9,11-12,17-18,20-22,25-26,28-29,31,33-35,38,41,43-44,46,64H,4-7,10,13-16,19,23-24,27,30,32,36-37,39-40,42,45,47-63H2,1-3H3/b11-8-,12-9-,20-17-,21-18-,25-22-,28-26-,31-29-,34-33-,38-35-,44-41-,46-43-. The Kier molecular flexibility index (Phi) is 56.4. The fourth-order valence-corrected chi connectivity index (χ4v) is 7.72. The van der Waals surface area contributed by atoms with Crippen LogP contribution in [0.15, 0.2) is 134 Å². The van der Waals surface area contributed by atoms with Crippen LogP contribution in [0, 0.1) is 0 Å². The summed E-state index contributed by atoms with van der Waals surface area (Å²) in [7, 11) is 0. The molecule has 0 saturated carbocycles. The minimum Gasteiger partial charge on any atom is -0.462 e. The number of allylic oxidation sites excluding steroid dienone is 22. The van der Waals surface area contributed by atoms with Crippen molar-refractivity contribution in [3.05, 3.63) is 134 Å². The van der Waals surface area contributed by atoms with Gasteiger partial charge >= 0.3 is 17.9 Å². The number of esters is 3. The van der Waals surface area contributed by atoms with Crippen LogP contribution in [0.1, 0.15) is 252 Å². The van der Waals surface area contributed by atoms with Crippen LogP contribution in [0.4, 0.5) is 0 Å². The highest BCUT2D eigenvalue weighted by Gasteiger charge is 2.19. The van der Waals surface area contributed by atoms with Crippen molar-refractivity contribution >= 4 is 17.9 Å². The molecule has 0 aliphatic rings. The number of rotatable bonds is 52. The summed E-state index contributed by atoms with van der Waals surface area (Å²) in [5, 5.41) is 0. The Labute approximate surface area is 449 Å². The highest BCUT2D eigenvalue weighted by molar-refractivity contribution is 5.71. The molecule has 0 amide bonds. The van der Waals surface area contributed by atoms with Crippen LogP contribution in [0.5, 0.6) is 0 Å². The van der Waals surface area contributed by atoms with Gasteiger partial charge in [-0.2, -0.15) is 0 Å². The first-order valence-corrected chi connectivity index (χ1v) is 29.7. The summed E-state index contributed by atoms with van der Waals surface area (Å²) in [4.78, 5) is 38.2. The molecule has 0 aromatic rings. The van der Waals surface area contributed by atoms with Crippen molar-refractivity contribution in [2.24, 2.45) is 0 Å². The summed E-state index contributed by atoms with van der Waals surface area (Å²) >= 11 is 0. The van der Waals surface area contributed by atoms with Gasteiger partial charge in [-0.3, -0.25) is 14.4 Å². The third kappa shape index (κ3) is 58.3.